The van der Waals surface area contributed by atoms with Crippen LogP contribution in [0.1, 0.15) is 49.5 Å². The van der Waals surface area contributed by atoms with E-state index in [1.54, 1.807) is 0 Å². The Morgan fingerprint density at radius 2 is 1.68 bits per heavy atom. The van der Waals surface area contributed by atoms with Gasteiger partial charge in [-0.1, -0.05) is 0 Å². The Hall–Kier alpha value is -1.42. The lowest BCUT2D eigenvalue weighted by Crippen LogP contribution is -2.72. The lowest BCUT2D eigenvalue weighted by Gasteiger charge is -2.76. The number of esters is 2. The average molecular weight is 393 g/mol. The number of carbonyl (C=O) groups excluding carboxylic acids is 2. The Labute approximate surface area is 168 Å². The van der Waals surface area contributed by atoms with Gasteiger partial charge in [0.1, 0.15) is 5.92 Å². The van der Waals surface area contributed by atoms with Crippen LogP contribution >= 0.6 is 11.3 Å². The van der Waals surface area contributed by atoms with Gasteiger partial charge in [0.05, 0.1) is 5.57 Å². The van der Waals surface area contributed by atoms with E-state index in [0.29, 0.717) is 17.4 Å². The van der Waals surface area contributed by atoms with Gasteiger partial charge in [-0.25, -0.2) is 4.79 Å². The van der Waals surface area contributed by atoms with Crippen LogP contribution in [0.3, 0.4) is 0 Å². The quantitative estimate of drug-likeness (QED) is 0.485. The van der Waals surface area contributed by atoms with Gasteiger partial charge in [0.2, 0.25) is 0 Å². The van der Waals surface area contributed by atoms with Crippen molar-refractivity contribution in [2.45, 2.75) is 44.4 Å². The third-order valence-corrected chi connectivity index (χ3v) is 11.6. The van der Waals surface area contributed by atoms with Crippen LogP contribution in [0.5, 0.6) is 0 Å². The molecule has 3 nitrogen and oxygen atoms in total. The Kier molecular flexibility index (Phi) is 2.48. The van der Waals surface area contributed by atoms with Crippen molar-refractivity contribution < 1.29 is 14.3 Å². The van der Waals surface area contributed by atoms with Crippen molar-refractivity contribution in [2.24, 2.45) is 53.3 Å². The number of allylic oxidation sites excluding steroid dienone is 1. The van der Waals surface area contributed by atoms with Crippen LogP contribution in [-0.2, 0) is 19.7 Å². The molecular formula is C24H24O3S. The number of rotatable bonds is 0. The fourth-order valence-electron chi connectivity index (χ4n) is 10.3. The molecule has 1 aliphatic heterocycles. The van der Waals surface area contributed by atoms with Crippen LogP contribution in [-0.4, -0.2) is 11.9 Å². The Bertz CT molecular complexity index is 995. The lowest BCUT2D eigenvalue weighted by atomic mass is 9.28. The molecule has 0 amide bonds. The minimum atomic E-state index is -0.356. The molecule has 1 saturated heterocycles. The monoisotopic (exact) mass is 392 g/mol. The summed E-state index contributed by atoms with van der Waals surface area (Å²) in [6, 6.07) is 2.20. The molecule has 4 heteroatoms. The fraction of sp³-hybridized carbons (Fsp3) is 0.667. The van der Waals surface area contributed by atoms with Gasteiger partial charge >= 0.3 is 11.9 Å². The SMILES string of the molecule is CC1=C2C(=O)OC(=O)[C@@H]2[C@@]2(c3sccc31)C1CC3C4CC5CC3[C@@H](C1)C(C5)C42. The molecule has 8 aliphatic carbocycles. The van der Waals surface area contributed by atoms with Crippen molar-refractivity contribution in [1.82, 2.24) is 0 Å². The molecule has 0 aromatic carbocycles. The summed E-state index contributed by atoms with van der Waals surface area (Å²) in [5, 5.41) is 2.20. The second-order valence-corrected chi connectivity index (χ2v) is 11.8. The zero-order valence-electron chi connectivity index (χ0n) is 16.0. The van der Waals surface area contributed by atoms with Crippen LogP contribution in [0, 0.1) is 53.3 Å². The summed E-state index contributed by atoms with van der Waals surface area (Å²) in [4.78, 5) is 27.4. The first-order valence-corrected chi connectivity index (χ1v) is 12.0. The van der Waals surface area contributed by atoms with Crippen LogP contribution < -0.4 is 0 Å². The lowest BCUT2D eigenvalue weighted by molar-refractivity contribution is -0.248. The van der Waals surface area contributed by atoms with E-state index in [1.165, 1.54) is 42.5 Å². The highest BCUT2D eigenvalue weighted by atomic mass is 32.1. The van der Waals surface area contributed by atoms with E-state index in [0.717, 1.165) is 41.1 Å². The van der Waals surface area contributed by atoms with Gasteiger partial charge in [-0.05, 0) is 109 Å². The average Bonchev–Trinajstić information content (AvgIpc) is 3.29. The van der Waals surface area contributed by atoms with E-state index >= 15 is 0 Å². The normalized spacial score (nSPS) is 54.0. The number of carbonyl (C=O) groups is 2. The van der Waals surface area contributed by atoms with Gasteiger partial charge in [0, 0.05) is 10.3 Å². The predicted octanol–water partition coefficient (Wildman–Crippen LogP) is 4.42. The summed E-state index contributed by atoms with van der Waals surface area (Å²) in [6.45, 7) is 2.03. The first-order valence-electron chi connectivity index (χ1n) is 11.2. The summed E-state index contributed by atoms with van der Waals surface area (Å²) >= 11 is 1.86. The summed E-state index contributed by atoms with van der Waals surface area (Å²) in [5.74, 6) is 5.42. The number of ether oxygens (including phenoxy) is 1. The number of hydrogen-bond acceptors (Lipinski definition) is 4. The molecule has 1 aromatic rings. The summed E-state index contributed by atoms with van der Waals surface area (Å²) in [5.41, 5.74) is 2.81. The Morgan fingerprint density at radius 1 is 1.00 bits per heavy atom. The minimum Gasteiger partial charge on any atom is -0.389 e. The van der Waals surface area contributed by atoms with Crippen LogP contribution in [0.25, 0.3) is 5.57 Å². The zero-order valence-corrected chi connectivity index (χ0v) is 16.8. The minimum absolute atomic E-state index is 0.156. The van der Waals surface area contributed by atoms with Crippen LogP contribution in [0.15, 0.2) is 17.0 Å². The summed E-state index contributed by atoms with van der Waals surface area (Å²) in [6.07, 6.45) is 6.79. The molecule has 1 aromatic heterocycles. The molecule has 8 fully saturated rings. The van der Waals surface area contributed by atoms with E-state index in [4.69, 9.17) is 4.74 Å². The standard InChI is InChI=1S/C24H24O3S/c1-9-12-2-3-28-21(12)24(20-18(9)22(25)27-23(20)26)11-7-14-13-4-10-5-16(14)19(24)17(6-10)15(13)8-11/h2-3,10-11,13-17,19-20H,4-8H2,1H3/t10?,11?,13?,14-,15?,16?,17?,19?,20-,24-/m1/s1. The molecule has 2 heterocycles. The summed E-state index contributed by atoms with van der Waals surface area (Å²) in [7, 11) is 0. The molecule has 0 radical (unpaired) electrons. The highest BCUT2D eigenvalue weighted by Crippen LogP contribution is 2.79. The van der Waals surface area contributed by atoms with Gasteiger partial charge in [0.15, 0.2) is 0 Å². The van der Waals surface area contributed by atoms with E-state index < -0.39 is 0 Å². The first kappa shape index (κ1) is 15.4. The molecule has 10 atom stereocenters. The Morgan fingerprint density at radius 3 is 2.43 bits per heavy atom. The smallest absolute Gasteiger partial charge is 0.342 e. The molecule has 144 valence electrons. The third-order valence-electron chi connectivity index (χ3n) is 10.6. The highest BCUT2D eigenvalue weighted by molar-refractivity contribution is 7.10. The van der Waals surface area contributed by atoms with Crippen LogP contribution in [0.4, 0.5) is 0 Å². The van der Waals surface area contributed by atoms with Crippen molar-refractivity contribution in [3.05, 3.63) is 27.5 Å². The number of cyclic esters (lactones) is 2. The van der Waals surface area contributed by atoms with Crippen molar-refractivity contribution in [3.8, 4) is 0 Å². The molecule has 7 saturated carbocycles. The van der Waals surface area contributed by atoms with E-state index in [1.807, 2.05) is 18.3 Å². The van der Waals surface area contributed by atoms with E-state index in [9.17, 15) is 9.59 Å². The van der Waals surface area contributed by atoms with E-state index in [-0.39, 0.29) is 23.3 Å². The molecule has 7 unspecified atom stereocenters. The van der Waals surface area contributed by atoms with Crippen molar-refractivity contribution in [1.29, 1.82) is 0 Å². The van der Waals surface area contributed by atoms with Gasteiger partial charge in [-0.15, -0.1) is 11.3 Å². The van der Waals surface area contributed by atoms with Gasteiger partial charge < -0.3 is 4.74 Å². The zero-order chi connectivity index (χ0) is 18.5. The largest absolute Gasteiger partial charge is 0.389 e. The molecule has 1 spiro atoms. The first-order chi connectivity index (χ1) is 13.6. The van der Waals surface area contributed by atoms with Gasteiger partial charge in [-0.3, -0.25) is 4.79 Å². The van der Waals surface area contributed by atoms with E-state index in [2.05, 4.69) is 11.4 Å². The molecule has 9 aliphatic rings. The number of thiophene rings is 1. The number of hydrogen-bond donors (Lipinski definition) is 0. The van der Waals surface area contributed by atoms with Crippen molar-refractivity contribution >= 4 is 28.8 Å². The second kappa shape index (κ2) is 4.50. The maximum absolute atomic E-state index is 13.2. The molecule has 10 rings (SSSR count). The highest BCUT2D eigenvalue weighted by Gasteiger charge is 2.76. The fourth-order valence-corrected chi connectivity index (χ4v) is 11.6. The molecule has 8 bridgehead atoms. The van der Waals surface area contributed by atoms with Crippen molar-refractivity contribution in [3.63, 3.8) is 0 Å². The Balaban J connectivity index is 1.45. The van der Waals surface area contributed by atoms with Gasteiger partial charge in [0.25, 0.3) is 0 Å². The van der Waals surface area contributed by atoms with Crippen LogP contribution in [0.2, 0.25) is 0 Å². The summed E-state index contributed by atoms with van der Waals surface area (Å²) < 4.78 is 5.33. The van der Waals surface area contributed by atoms with Crippen molar-refractivity contribution in [2.75, 3.05) is 0 Å². The molecule has 0 N–H and O–H groups in total. The third kappa shape index (κ3) is 1.35. The topological polar surface area (TPSA) is 43.4 Å². The second-order valence-electron chi connectivity index (χ2n) is 10.9. The maximum atomic E-state index is 13.2. The molecular weight excluding hydrogens is 368 g/mol. The predicted molar refractivity (Wildman–Crippen MR) is 104 cm³/mol. The molecule has 28 heavy (non-hydrogen) atoms. The number of fused-ring (bicyclic) bond motifs is 2. The maximum Gasteiger partial charge on any atom is 0.342 e. The van der Waals surface area contributed by atoms with Gasteiger partial charge in [-0.2, -0.15) is 0 Å².